The molecule has 0 aliphatic heterocycles. The number of rotatable bonds is 5. The number of hydrogen-bond acceptors (Lipinski definition) is 3. The van der Waals surface area contributed by atoms with Crippen LogP contribution in [0.15, 0.2) is 40.8 Å². The molecular weight excluding hydrogens is 341 g/mol. The van der Waals surface area contributed by atoms with E-state index < -0.39 is 0 Å². The van der Waals surface area contributed by atoms with Gasteiger partial charge in [-0.15, -0.1) is 0 Å². The summed E-state index contributed by atoms with van der Waals surface area (Å²) >= 11 is 2.17. The van der Waals surface area contributed by atoms with Gasteiger partial charge in [0.05, 0.1) is 13.7 Å². The fraction of sp³-hybridized carbons (Fsp3) is 0.286. The molecular formula is C14H16INO2. The Morgan fingerprint density at radius 2 is 2.06 bits per heavy atom. The summed E-state index contributed by atoms with van der Waals surface area (Å²) in [5, 5.41) is 3.43. The van der Waals surface area contributed by atoms with Gasteiger partial charge in [0.25, 0.3) is 0 Å². The molecule has 0 radical (unpaired) electrons. The monoisotopic (exact) mass is 357 g/mol. The Labute approximate surface area is 121 Å². The molecule has 0 saturated heterocycles. The third-order valence-corrected chi connectivity index (χ3v) is 3.40. The lowest BCUT2D eigenvalue weighted by molar-refractivity contribution is 0.396. The van der Waals surface area contributed by atoms with Gasteiger partial charge in [-0.25, -0.2) is 0 Å². The third kappa shape index (κ3) is 3.26. The van der Waals surface area contributed by atoms with Gasteiger partial charge >= 0.3 is 0 Å². The molecule has 1 aromatic carbocycles. The average molecular weight is 357 g/mol. The zero-order valence-electron chi connectivity index (χ0n) is 10.4. The molecule has 18 heavy (non-hydrogen) atoms. The largest absolute Gasteiger partial charge is 0.496 e. The van der Waals surface area contributed by atoms with Gasteiger partial charge < -0.3 is 14.5 Å². The lowest BCUT2D eigenvalue weighted by Gasteiger charge is -2.16. The summed E-state index contributed by atoms with van der Waals surface area (Å²) in [6, 6.07) is 12.2. The van der Waals surface area contributed by atoms with Crippen LogP contribution in [0.5, 0.6) is 5.75 Å². The minimum atomic E-state index is 0.212. The van der Waals surface area contributed by atoms with E-state index in [1.165, 1.54) is 0 Å². The Hall–Kier alpha value is -1.01. The molecule has 1 heterocycles. The minimum Gasteiger partial charge on any atom is -0.496 e. The second-order valence-electron chi connectivity index (χ2n) is 4.05. The van der Waals surface area contributed by atoms with Crippen LogP contribution in [0.2, 0.25) is 0 Å². The van der Waals surface area contributed by atoms with Crippen molar-refractivity contribution in [1.82, 2.24) is 5.32 Å². The lowest BCUT2D eigenvalue weighted by atomic mass is 10.1. The Bertz CT molecular complexity index is 510. The van der Waals surface area contributed by atoms with Gasteiger partial charge in [-0.2, -0.15) is 0 Å². The van der Waals surface area contributed by atoms with Gasteiger partial charge in [0.1, 0.15) is 11.5 Å². The van der Waals surface area contributed by atoms with Crippen LogP contribution in [-0.2, 0) is 6.54 Å². The summed E-state index contributed by atoms with van der Waals surface area (Å²) in [5.41, 5.74) is 1.15. The van der Waals surface area contributed by atoms with Crippen LogP contribution in [-0.4, -0.2) is 7.11 Å². The molecule has 0 saturated carbocycles. The van der Waals surface area contributed by atoms with Crippen LogP contribution >= 0.6 is 22.6 Å². The topological polar surface area (TPSA) is 34.4 Å². The summed E-state index contributed by atoms with van der Waals surface area (Å²) < 4.78 is 11.8. The summed E-state index contributed by atoms with van der Waals surface area (Å²) in [5.74, 6) is 1.85. The first-order chi connectivity index (χ1) is 8.70. The van der Waals surface area contributed by atoms with Gasteiger partial charge in [0.15, 0.2) is 3.77 Å². The van der Waals surface area contributed by atoms with E-state index in [1.54, 1.807) is 7.11 Å². The second kappa shape index (κ2) is 6.24. The quantitative estimate of drug-likeness (QED) is 0.828. The van der Waals surface area contributed by atoms with Gasteiger partial charge in [0, 0.05) is 11.6 Å². The van der Waals surface area contributed by atoms with Crippen LogP contribution in [0.4, 0.5) is 0 Å². The molecule has 1 aromatic heterocycles. The number of para-hydroxylation sites is 1. The van der Waals surface area contributed by atoms with Gasteiger partial charge in [0.2, 0.25) is 0 Å². The molecule has 0 fully saturated rings. The van der Waals surface area contributed by atoms with Crippen molar-refractivity contribution in [3.63, 3.8) is 0 Å². The van der Waals surface area contributed by atoms with Crippen LogP contribution in [0.1, 0.15) is 24.3 Å². The average Bonchev–Trinajstić information content (AvgIpc) is 2.81. The minimum absolute atomic E-state index is 0.212. The normalized spacial score (nSPS) is 12.4. The number of nitrogens with one attached hydrogen (secondary N) is 1. The van der Waals surface area contributed by atoms with E-state index in [0.29, 0.717) is 6.54 Å². The van der Waals surface area contributed by atoms with Crippen molar-refractivity contribution in [2.45, 2.75) is 19.5 Å². The lowest BCUT2D eigenvalue weighted by Crippen LogP contribution is -2.18. The van der Waals surface area contributed by atoms with Gasteiger partial charge in [-0.1, -0.05) is 18.2 Å². The van der Waals surface area contributed by atoms with Crippen molar-refractivity contribution in [1.29, 1.82) is 0 Å². The Morgan fingerprint density at radius 3 is 2.72 bits per heavy atom. The SMILES string of the molecule is COc1ccccc1C(C)NCc1ccc(I)o1. The highest BCUT2D eigenvalue weighted by Gasteiger charge is 2.10. The van der Waals surface area contributed by atoms with E-state index in [0.717, 1.165) is 20.8 Å². The van der Waals surface area contributed by atoms with Crippen molar-refractivity contribution in [2.75, 3.05) is 7.11 Å². The first-order valence-electron chi connectivity index (χ1n) is 5.81. The number of hydrogen-bond donors (Lipinski definition) is 1. The van der Waals surface area contributed by atoms with Crippen molar-refractivity contribution in [2.24, 2.45) is 0 Å². The molecule has 0 amide bonds. The Kier molecular flexibility index (Phi) is 4.66. The molecule has 1 N–H and O–H groups in total. The van der Waals surface area contributed by atoms with Crippen LogP contribution < -0.4 is 10.1 Å². The van der Waals surface area contributed by atoms with Crippen molar-refractivity contribution >= 4 is 22.6 Å². The standard InChI is InChI=1S/C14H16INO2/c1-10(12-5-3-4-6-13(12)17-2)16-9-11-7-8-14(15)18-11/h3-8,10,16H,9H2,1-2H3. The van der Waals surface area contributed by atoms with Gasteiger partial charge in [-0.05, 0) is 47.7 Å². The maximum Gasteiger partial charge on any atom is 0.164 e. The summed E-state index contributed by atoms with van der Waals surface area (Å²) in [7, 11) is 1.69. The molecule has 1 atom stereocenters. The molecule has 3 nitrogen and oxygen atoms in total. The second-order valence-corrected chi connectivity index (χ2v) is 5.11. The number of methoxy groups -OCH3 is 1. The van der Waals surface area contributed by atoms with E-state index in [4.69, 9.17) is 9.15 Å². The van der Waals surface area contributed by atoms with E-state index in [2.05, 4.69) is 40.9 Å². The van der Waals surface area contributed by atoms with E-state index >= 15 is 0 Å². The predicted molar refractivity (Wildman–Crippen MR) is 79.7 cm³/mol. The van der Waals surface area contributed by atoms with Crippen LogP contribution in [0.3, 0.4) is 0 Å². The third-order valence-electron chi connectivity index (χ3n) is 2.82. The first-order valence-corrected chi connectivity index (χ1v) is 6.89. The maximum atomic E-state index is 5.52. The summed E-state index contributed by atoms with van der Waals surface area (Å²) in [6.07, 6.45) is 0. The van der Waals surface area contributed by atoms with Gasteiger partial charge in [-0.3, -0.25) is 0 Å². The van der Waals surface area contributed by atoms with Crippen molar-refractivity contribution < 1.29 is 9.15 Å². The highest BCUT2D eigenvalue weighted by molar-refractivity contribution is 14.1. The highest BCUT2D eigenvalue weighted by atomic mass is 127. The molecule has 0 spiro atoms. The fourth-order valence-corrected chi connectivity index (χ4v) is 2.30. The fourth-order valence-electron chi connectivity index (χ4n) is 1.83. The molecule has 2 rings (SSSR count). The number of benzene rings is 1. The Balaban J connectivity index is 2.01. The Morgan fingerprint density at radius 1 is 1.28 bits per heavy atom. The summed E-state index contributed by atoms with van der Waals surface area (Å²) in [6.45, 7) is 2.83. The zero-order valence-corrected chi connectivity index (χ0v) is 12.6. The maximum absolute atomic E-state index is 5.52. The molecule has 0 aliphatic rings. The molecule has 4 heteroatoms. The van der Waals surface area contributed by atoms with Crippen molar-refractivity contribution in [3.05, 3.63) is 51.5 Å². The molecule has 0 bridgehead atoms. The van der Waals surface area contributed by atoms with Crippen molar-refractivity contribution in [3.8, 4) is 5.75 Å². The van der Waals surface area contributed by atoms with Crippen LogP contribution in [0.25, 0.3) is 0 Å². The molecule has 96 valence electrons. The number of ether oxygens (including phenoxy) is 1. The summed E-state index contributed by atoms with van der Waals surface area (Å²) in [4.78, 5) is 0. The first kappa shape index (κ1) is 13.4. The van der Waals surface area contributed by atoms with E-state index in [9.17, 15) is 0 Å². The van der Waals surface area contributed by atoms with Crippen LogP contribution in [0, 0.1) is 3.77 Å². The smallest absolute Gasteiger partial charge is 0.164 e. The predicted octanol–water partition coefficient (Wildman–Crippen LogP) is 3.74. The van der Waals surface area contributed by atoms with E-state index in [1.807, 2.05) is 30.3 Å². The van der Waals surface area contributed by atoms with E-state index in [-0.39, 0.29) is 6.04 Å². The number of halogens is 1. The zero-order chi connectivity index (χ0) is 13.0. The number of furan rings is 1. The highest BCUT2D eigenvalue weighted by Crippen LogP contribution is 2.24. The molecule has 1 unspecified atom stereocenters. The molecule has 2 aromatic rings. The molecule has 0 aliphatic carbocycles.